The number of carboxylic acids is 1. The van der Waals surface area contributed by atoms with Gasteiger partial charge in [0, 0.05) is 38.2 Å². The van der Waals surface area contributed by atoms with E-state index in [1.807, 2.05) is 79.9 Å². The van der Waals surface area contributed by atoms with Crippen molar-refractivity contribution < 1.29 is 24.2 Å². The topological polar surface area (TPSA) is 88.1 Å². The summed E-state index contributed by atoms with van der Waals surface area (Å²) >= 11 is 1.56. The van der Waals surface area contributed by atoms with Crippen LogP contribution in [-0.4, -0.2) is 72.3 Å². The highest BCUT2D eigenvalue weighted by atomic mass is 32.2. The van der Waals surface area contributed by atoms with E-state index in [0.717, 1.165) is 41.0 Å². The number of methoxy groups -OCH3 is 1. The fraction of sp³-hybridized carbons (Fsp3) is 0.375. The highest BCUT2D eigenvalue weighted by molar-refractivity contribution is 7.98. The van der Waals surface area contributed by atoms with Gasteiger partial charge in [0.05, 0.1) is 6.61 Å². The van der Waals surface area contributed by atoms with Gasteiger partial charge in [0.15, 0.2) is 0 Å². The first-order valence-electron chi connectivity index (χ1n) is 13.6. The molecule has 0 aromatic heterocycles. The van der Waals surface area contributed by atoms with Gasteiger partial charge < -0.3 is 19.9 Å². The maximum Gasteiger partial charge on any atom is 0.326 e. The number of nitrogens with zero attached hydrogens (tertiary/aromatic N) is 1. The van der Waals surface area contributed by atoms with E-state index in [9.17, 15) is 14.7 Å². The summed E-state index contributed by atoms with van der Waals surface area (Å²) in [4.78, 5) is 27.6. The molecule has 3 atom stereocenters. The maximum atomic E-state index is 13.4. The molecular weight excluding hydrogens is 524 g/mol. The molecule has 8 heteroatoms. The van der Waals surface area contributed by atoms with Crippen molar-refractivity contribution in [2.75, 3.05) is 32.3 Å². The molecular formula is C32H38N2O5S. The fourth-order valence-electron chi connectivity index (χ4n) is 5.22. The highest BCUT2D eigenvalue weighted by Gasteiger charge is 2.33. The molecule has 0 radical (unpaired) electrons. The van der Waals surface area contributed by atoms with Gasteiger partial charge in [-0.2, -0.15) is 11.8 Å². The summed E-state index contributed by atoms with van der Waals surface area (Å²) in [5.74, 6) is 0.101. The van der Waals surface area contributed by atoms with Gasteiger partial charge >= 0.3 is 5.97 Å². The molecule has 40 heavy (non-hydrogen) atoms. The molecule has 0 aliphatic carbocycles. The normalized spacial score (nSPS) is 17.9. The minimum Gasteiger partial charge on any atom is -0.489 e. The number of carboxylic acid groups (broad SMARTS) is 1. The summed E-state index contributed by atoms with van der Waals surface area (Å²) in [6, 6.07) is 22.9. The quantitative estimate of drug-likeness (QED) is 0.294. The molecule has 1 aliphatic heterocycles. The minimum absolute atomic E-state index is 0.0534. The lowest BCUT2D eigenvalue weighted by Crippen LogP contribution is -2.41. The zero-order valence-corrected chi connectivity index (χ0v) is 24.2. The van der Waals surface area contributed by atoms with E-state index >= 15 is 0 Å². The van der Waals surface area contributed by atoms with Gasteiger partial charge in [-0.3, -0.25) is 9.69 Å². The molecule has 1 aliphatic rings. The molecule has 0 bridgehead atoms. The molecule has 1 amide bonds. The van der Waals surface area contributed by atoms with Crippen LogP contribution in [-0.2, 0) is 16.1 Å². The smallest absolute Gasteiger partial charge is 0.326 e. The number of para-hydroxylation sites is 1. The molecule has 0 saturated carbocycles. The van der Waals surface area contributed by atoms with Gasteiger partial charge in [-0.15, -0.1) is 0 Å². The molecule has 1 saturated heterocycles. The number of benzene rings is 3. The Morgan fingerprint density at radius 1 is 1.07 bits per heavy atom. The summed E-state index contributed by atoms with van der Waals surface area (Å²) in [5.41, 5.74) is 4.31. The summed E-state index contributed by atoms with van der Waals surface area (Å²) in [6.07, 6.45) is 3.20. The number of carbonyl (C=O) groups excluding carboxylic acids is 1. The van der Waals surface area contributed by atoms with Crippen molar-refractivity contribution in [3.05, 3.63) is 89.5 Å². The van der Waals surface area contributed by atoms with Gasteiger partial charge in [0.25, 0.3) is 5.91 Å². The number of aryl methyl sites for hydroxylation is 1. The third kappa shape index (κ3) is 7.65. The van der Waals surface area contributed by atoms with Crippen LogP contribution in [0.5, 0.6) is 5.75 Å². The molecule has 0 spiro atoms. The van der Waals surface area contributed by atoms with Crippen LogP contribution in [0.25, 0.3) is 11.1 Å². The Morgan fingerprint density at radius 3 is 2.52 bits per heavy atom. The number of hydrogen-bond acceptors (Lipinski definition) is 6. The minimum atomic E-state index is -1.03. The highest BCUT2D eigenvalue weighted by Crippen LogP contribution is 2.31. The average molecular weight is 563 g/mol. The van der Waals surface area contributed by atoms with Crippen molar-refractivity contribution in [3.63, 3.8) is 0 Å². The number of ether oxygens (including phenoxy) is 2. The Labute approximate surface area is 240 Å². The fourth-order valence-corrected chi connectivity index (χ4v) is 5.69. The van der Waals surface area contributed by atoms with Crippen LogP contribution in [0.15, 0.2) is 72.8 Å². The number of nitrogens with one attached hydrogen (secondary N) is 1. The van der Waals surface area contributed by atoms with Crippen molar-refractivity contribution in [2.24, 2.45) is 0 Å². The Morgan fingerprint density at radius 2 is 1.82 bits per heavy atom. The van der Waals surface area contributed by atoms with E-state index in [1.165, 1.54) is 0 Å². The van der Waals surface area contributed by atoms with E-state index in [1.54, 1.807) is 18.9 Å². The Kier molecular flexibility index (Phi) is 10.6. The third-order valence-electron chi connectivity index (χ3n) is 7.26. The van der Waals surface area contributed by atoms with Crippen LogP contribution in [0.2, 0.25) is 0 Å². The predicted molar refractivity (Wildman–Crippen MR) is 160 cm³/mol. The molecule has 2 N–H and O–H groups in total. The number of amides is 1. The first-order valence-corrected chi connectivity index (χ1v) is 14.9. The van der Waals surface area contributed by atoms with Crippen LogP contribution in [0.4, 0.5) is 0 Å². The molecule has 212 valence electrons. The van der Waals surface area contributed by atoms with Crippen LogP contribution in [0.1, 0.15) is 34.3 Å². The third-order valence-corrected chi connectivity index (χ3v) is 7.90. The molecule has 1 heterocycles. The second kappa shape index (κ2) is 14.3. The maximum absolute atomic E-state index is 13.4. The van der Waals surface area contributed by atoms with Gasteiger partial charge in [-0.1, -0.05) is 48.5 Å². The van der Waals surface area contributed by atoms with Crippen molar-refractivity contribution >= 4 is 23.6 Å². The van der Waals surface area contributed by atoms with E-state index in [2.05, 4.69) is 16.3 Å². The predicted octanol–water partition coefficient (Wildman–Crippen LogP) is 5.27. The van der Waals surface area contributed by atoms with E-state index in [0.29, 0.717) is 30.9 Å². The zero-order valence-electron chi connectivity index (χ0n) is 23.3. The lowest BCUT2D eigenvalue weighted by Gasteiger charge is -2.24. The molecule has 3 aromatic rings. The van der Waals surface area contributed by atoms with E-state index in [4.69, 9.17) is 9.47 Å². The zero-order chi connectivity index (χ0) is 28.5. The second-order valence-corrected chi connectivity index (χ2v) is 11.2. The number of thioether (sulfide) groups is 1. The van der Waals surface area contributed by atoms with Crippen molar-refractivity contribution in [1.29, 1.82) is 0 Å². The SMILES string of the molecule is COC[C@@H]1CC(Oc2ccccc2)CN1Cc1ccc(C(=O)N[C@@H](CCSC)C(=O)O)c(-c2ccccc2C)c1. The second-order valence-electron chi connectivity index (χ2n) is 10.2. The van der Waals surface area contributed by atoms with Gasteiger partial charge in [-0.25, -0.2) is 4.79 Å². The van der Waals surface area contributed by atoms with Crippen LogP contribution in [0.3, 0.4) is 0 Å². The van der Waals surface area contributed by atoms with E-state index in [-0.39, 0.29) is 18.1 Å². The van der Waals surface area contributed by atoms with Gasteiger partial charge in [-0.05, 0) is 71.9 Å². The Bertz CT molecular complexity index is 1290. The average Bonchev–Trinajstić information content (AvgIpc) is 3.31. The van der Waals surface area contributed by atoms with Crippen LogP contribution >= 0.6 is 11.8 Å². The standard InChI is InChI=1S/C32H38N2O5S/c1-22-9-7-8-12-27(22)29-17-23(13-14-28(29)31(35)33-30(32(36)37)15-16-40-3)19-34-20-26(18-24(34)21-38-2)39-25-10-5-4-6-11-25/h4-14,17,24,26,30H,15-16,18-21H2,1-3H3,(H,33,35)(H,36,37)/t24-,26?,30-/m0/s1. The monoisotopic (exact) mass is 562 g/mol. The van der Waals surface area contributed by atoms with Gasteiger partial charge in [0.2, 0.25) is 0 Å². The molecule has 1 fully saturated rings. The van der Waals surface area contributed by atoms with Crippen molar-refractivity contribution in [2.45, 2.75) is 44.5 Å². The Hall–Kier alpha value is -3.33. The lowest BCUT2D eigenvalue weighted by atomic mass is 9.93. The number of rotatable bonds is 13. The van der Waals surface area contributed by atoms with Crippen molar-refractivity contribution in [3.8, 4) is 16.9 Å². The first-order chi connectivity index (χ1) is 19.4. The Balaban J connectivity index is 1.59. The number of aliphatic carboxylic acids is 1. The van der Waals surface area contributed by atoms with Crippen LogP contribution in [0, 0.1) is 6.92 Å². The molecule has 1 unspecified atom stereocenters. The summed E-state index contributed by atoms with van der Waals surface area (Å²) < 4.78 is 11.8. The summed E-state index contributed by atoms with van der Waals surface area (Å²) in [6.45, 7) is 4.06. The van der Waals surface area contributed by atoms with Crippen molar-refractivity contribution in [1.82, 2.24) is 10.2 Å². The largest absolute Gasteiger partial charge is 0.489 e. The number of carbonyl (C=O) groups is 2. The van der Waals surface area contributed by atoms with E-state index < -0.39 is 12.0 Å². The lowest BCUT2D eigenvalue weighted by molar-refractivity contribution is -0.139. The molecule has 4 rings (SSSR count). The molecule has 3 aromatic carbocycles. The summed E-state index contributed by atoms with van der Waals surface area (Å²) in [7, 11) is 1.72. The van der Waals surface area contributed by atoms with Gasteiger partial charge in [0.1, 0.15) is 17.9 Å². The summed E-state index contributed by atoms with van der Waals surface area (Å²) in [5, 5.41) is 12.4. The molecule has 7 nitrogen and oxygen atoms in total. The first kappa shape index (κ1) is 29.6. The number of likely N-dealkylation sites (tertiary alicyclic amines) is 1. The number of hydrogen-bond donors (Lipinski definition) is 2. The van der Waals surface area contributed by atoms with Crippen LogP contribution < -0.4 is 10.1 Å².